The molecule has 9 nitrogen and oxygen atoms in total. The van der Waals surface area contributed by atoms with Gasteiger partial charge in [-0.2, -0.15) is 0 Å². The Morgan fingerprint density at radius 1 is 0.854 bits per heavy atom. The molecule has 0 unspecified atom stereocenters. The van der Waals surface area contributed by atoms with Gasteiger partial charge in [-0.05, 0) is 40.5 Å². The normalized spacial score (nSPS) is 14.4. The summed E-state index contributed by atoms with van der Waals surface area (Å²) >= 11 is 0. The Hall–Kier alpha value is -5.18. The van der Waals surface area contributed by atoms with E-state index in [0.717, 1.165) is 38.2 Å². The number of anilines is 1. The number of amides is 3. The molecule has 206 valence electrons. The smallest absolute Gasteiger partial charge is 0.407 e. The summed E-state index contributed by atoms with van der Waals surface area (Å²) in [6, 6.07) is 22.8. The zero-order valence-corrected chi connectivity index (χ0v) is 22.5. The minimum absolute atomic E-state index is 0.00262. The second kappa shape index (κ2) is 10.1. The second-order valence-electron chi connectivity index (χ2n) is 10.3. The van der Waals surface area contributed by atoms with Gasteiger partial charge in [-0.15, -0.1) is 0 Å². The number of carbonyl (C=O) groups excluding carboxylic acids is 3. The molecule has 0 fully saturated rings. The van der Waals surface area contributed by atoms with Crippen molar-refractivity contribution < 1.29 is 29.0 Å². The maximum atomic E-state index is 13.4. The number of benzene rings is 4. The average Bonchev–Trinajstić information content (AvgIpc) is 3.29. The van der Waals surface area contributed by atoms with Crippen LogP contribution in [0.15, 0.2) is 78.9 Å². The largest absolute Gasteiger partial charge is 0.480 e. The van der Waals surface area contributed by atoms with Crippen molar-refractivity contribution in [2.45, 2.75) is 12.0 Å². The first-order chi connectivity index (χ1) is 19.8. The molecule has 1 atom stereocenters. The lowest BCUT2D eigenvalue weighted by atomic mass is 9.92. The molecule has 4 aromatic carbocycles. The van der Waals surface area contributed by atoms with Crippen molar-refractivity contribution in [1.82, 2.24) is 10.2 Å². The van der Waals surface area contributed by atoms with Crippen LogP contribution < -0.4 is 10.2 Å². The number of nitrogens with one attached hydrogen (secondary N) is 1. The summed E-state index contributed by atoms with van der Waals surface area (Å²) in [6.45, 7) is -0.556. The molecule has 0 bridgehead atoms. The fraction of sp³-hybridized carbons (Fsp3) is 0.188. The van der Waals surface area contributed by atoms with Crippen LogP contribution in [-0.2, 0) is 9.53 Å². The minimum atomic E-state index is -1.57. The standard InChI is InChI=1S/C32H27N3O6/c1-34(2)27-15-14-24-28-22(27)12-7-13-23(28)29(36)35(30(24)37)16-26(31(38)39)33-32(40)41-17-25-20-10-5-3-8-18(20)19-9-4-6-11-21(19)25/h3-15,25-26H,16-17H2,1-2H3,(H,33,40)(H,38,39)/t26-/m0/s1. The van der Waals surface area contributed by atoms with Gasteiger partial charge in [0.15, 0.2) is 0 Å². The van der Waals surface area contributed by atoms with Crippen LogP contribution in [0.5, 0.6) is 0 Å². The van der Waals surface area contributed by atoms with E-state index in [4.69, 9.17) is 4.74 Å². The van der Waals surface area contributed by atoms with Gasteiger partial charge in [0.1, 0.15) is 12.6 Å². The highest BCUT2D eigenvalue weighted by molar-refractivity contribution is 6.27. The summed E-state index contributed by atoms with van der Waals surface area (Å²) in [7, 11) is 3.74. The third-order valence-corrected chi connectivity index (χ3v) is 7.75. The van der Waals surface area contributed by atoms with E-state index in [1.54, 1.807) is 24.3 Å². The predicted octanol–water partition coefficient (Wildman–Crippen LogP) is 4.49. The number of hydrogen-bond donors (Lipinski definition) is 2. The highest BCUT2D eigenvalue weighted by atomic mass is 16.5. The van der Waals surface area contributed by atoms with Crippen molar-refractivity contribution in [3.63, 3.8) is 0 Å². The fourth-order valence-electron chi connectivity index (χ4n) is 5.84. The fourth-order valence-corrected chi connectivity index (χ4v) is 5.84. The third kappa shape index (κ3) is 4.35. The Labute approximate surface area is 235 Å². The average molecular weight is 550 g/mol. The van der Waals surface area contributed by atoms with Crippen LogP contribution in [0.1, 0.15) is 37.8 Å². The van der Waals surface area contributed by atoms with E-state index in [1.165, 1.54) is 0 Å². The number of carboxylic acids is 1. The summed E-state index contributed by atoms with van der Waals surface area (Å²) in [5.74, 6) is -2.84. The van der Waals surface area contributed by atoms with Crippen LogP contribution in [0.2, 0.25) is 0 Å². The summed E-state index contributed by atoms with van der Waals surface area (Å²) < 4.78 is 5.50. The van der Waals surface area contributed by atoms with Crippen molar-refractivity contribution in [1.29, 1.82) is 0 Å². The minimum Gasteiger partial charge on any atom is -0.480 e. The predicted molar refractivity (Wildman–Crippen MR) is 153 cm³/mol. The number of carbonyl (C=O) groups is 4. The molecule has 0 saturated carbocycles. The van der Waals surface area contributed by atoms with Crippen molar-refractivity contribution in [3.05, 3.63) is 101 Å². The molecule has 1 aliphatic carbocycles. The molecule has 9 heteroatoms. The molecule has 0 spiro atoms. The van der Waals surface area contributed by atoms with Crippen molar-refractivity contribution in [3.8, 4) is 11.1 Å². The third-order valence-electron chi connectivity index (χ3n) is 7.75. The van der Waals surface area contributed by atoms with Crippen molar-refractivity contribution >= 4 is 40.3 Å². The van der Waals surface area contributed by atoms with Crippen LogP contribution in [0.4, 0.5) is 10.5 Å². The van der Waals surface area contributed by atoms with Gasteiger partial charge in [0.05, 0.1) is 6.54 Å². The van der Waals surface area contributed by atoms with E-state index in [9.17, 15) is 24.3 Å². The van der Waals surface area contributed by atoms with E-state index in [0.29, 0.717) is 16.5 Å². The number of fused-ring (bicyclic) bond motifs is 3. The Morgan fingerprint density at radius 2 is 1.44 bits per heavy atom. The van der Waals surface area contributed by atoms with Crippen molar-refractivity contribution in [2.75, 3.05) is 32.1 Å². The van der Waals surface area contributed by atoms with Crippen LogP contribution in [0.3, 0.4) is 0 Å². The lowest BCUT2D eigenvalue weighted by Crippen LogP contribution is -2.52. The first kappa shape index (κ1) is 26.1. The summed E-state index contributed by atoms with van der Waals surface area (Å²) in [6.07, 6.45) is -0.950. The molecule has 6 rings (SSSR count). The number of carboxylic acid groups (broad SMARTS) is 1. The van der Waals surface area contributed by atoms with Gasteiger partial charge >= 0.3 is 12.1 Å². The van der Waals surface area contributed by atoms with Crippen LogP contribution in [-0.4, -0.2) is 67.2 Å². The molecule has 0 radical (unpaired) electrons. The molecule has 1 heterocycles. The molecule has 41 heavy (non-hydrogen) atoms. The maximum Gasteiger partial charge on any atom is 0.407 e. The molecule has 4 aromatic rings. The Morgan fingerprint density at radius 3 is 2.05 bits per heavy atom. The van der Waals surface area contributed by atoms with Crippen LogP contribution >= 0.6 is 0 Å². The number of ether oxygens (including phenoxy) is 1. The van der Waals surface area contributed by atoms with Crippen LogP contribution in [0.25, 0.3) is 21.9 Å². The Kier molecular flexibility index (Phi) is 6.42. The SMILES string of the molecule is CN(C)c1ccc2c3c(cccc13)C(=O)N(C[C@H](NC(=O)OCC1c3ccccc3-c3ccccc31)C(=O)O)C2=O. The van der Waals surface area contributed by atoms with Gasteiger partial charge in [0.25, 0.3) is 11.8 Å². The number of rotatable bonds is 7. The van der Waals surface area contributed by atoms with E-state index in [-0.39, 0.29) is 12.5 Å². The monoisotopic (exact) mass is 549 g/mol. The quantitative estimate of drug-likeness (QED) is 0.326. The van der Waals surface area contributed by atoms with Gasteiger partial charge in [-0.1, -0.05) is 60.7 Å². The summed E-state index contributed by atoms with van der Waals surface area (Å²) in [5, 5.41) is 13.5. The Bertz CT molecular complexity index is 1680. The zero-order chi connectivity index (χ0) is 28.8. The molecule has 3 amide bonds. The number of imide groups is 1. The number of hydrogen-bond acceptors (Lipinski definition) is 6. The molecule has 2 N–H and O–H groups in total. The molecule has 2 aliphatic rings. The Balaban J connectivity index is 1.19. The summed E-state index contributed by atoms with van der Waals surface area (Å²) in [4.78, 5) is 54.6. The second-order valence-corrected chi connectivity index (χ2v) is 10.3. The van der Waals surface area contributed by atoms with Gasteiger partial charge in [0.2, 0.25) is 0 Å². The van der Waals surface area contributed by atoms with E-state index in [1.807, 2.05) is 73.6 Å². The van der Waals surface area contributed by atoms with Crippen LogP contribution in [0, 0.1) is 0 Å². The number of aliphatic carboxylic acids is 1. The van der Waals surface area contributed by atoms with E-state index < -0.39 is 36.5 Å². The lowest BCUT2D eigenvalue weighted by molar-refractivity contribution is -0.139. The van der Waals surface area contributed by atoms with Gasteiger partial charge in [-0.25, -0.2) is 9.59 Å². The first-order valence-electron chi connectivity index (χ1n) is 13.2. The molecular formula is C32H27N3O6. The highest BCUT2D eigenvalue weighted by Crippen LogP contribution is 2.44. The van der Waals surface area contributed by atoms with E-state index in [2.05, 4.69) is 5.32 Å². The molecule has 1 aliphatic heterocycles. The highest BCUT2D eigenvalue weighted by Gasteiger charge is 2.37. The van der Waals surface area contributed by atoms with E-state index >= 15 is 0 Å². The maximum absolute atomic E-state index is 13.4. The number of alkyl carbamates (subject to hydrolysis) is 1. The topological polar surface area (TPSA) is 116 Å². The molecular weight excluding hydrogens is 522 g/mol. The van der Waals surface area contributed by atoms with Gasteiger partial charge < -0.3 is 20.1 Å². The van der Waals surface area contributed by atoms with Gasteiger partial charge in [-0.3, -0.25) is 14.5 Å². The molecule has 0 aromatic heterocycles. The molecule has 0 saturated heterocycles. The first-order valence-corrected chi connectivity index (χ1v) is 13.2. The number of nitrogens with zero attached hydrogens (tertiary/aromatic N) is 2. The zero-order valence-electron chi connectivity index (χ0n) is 22.5. The van der Waals surface area contributed by atoms with Crippen molar-refractivity contribution in [2.24, 2.45) is 0 Å². The van der Waals surface area contributed by atoms with Gasteiger partial charge in [0, 0.05) is 47.6 Å². The lowest BCUT2D eigenvalue weighted by Gasteiger charge is -2.30. The summed E-state index contributed by atoms with van der Waals surface area (Å²) in [5.41, 5.74) is 5.61.